The number of aliphatic hydroxyl groups is 1. The van der Waals surface area contributed by atoms with Crippen LogP contribution in [-0.2, 0) is 19.2 Å². The van der Waals surface area contributed by atoms with Gasteiger partial charge >= 0.3 is 6.18 Å². The highest BCUT2D eigenvalue weighted by Gasteiger charge is 2.31. The third-order valence-electron chi connectivity index (χ3n) is 5.48. The first-order valence-electron chi connectivity index (χ1n) is 10.7. The average molecular weight is 459 g/mol. The van der Waals surface area contributed by atoms with Gasteiger partial charge in [0.05, 0.1) is 30.1 Å². The molecule has 0 bridgehead atoms. The standard InChI is InChI=1S/C24H24F3N3O3/c1-2-16-5-3-4-6-21(16)33-23-10-8-20(19(15-31)29-23)30-12-11-18(14-30)32-22-9-7-17(13-28-22)24(25,26)27/h3-10,13,18,31H,2,11-12,14-15H2,1H3. The first-order chi connectivity index (χ1) is 15.9. The highest BCUT2D eigenvalue weighted by Crippen LogP contribution is 2.32. The summed E-state index contributed by atoms with van der Waals surface area (Å²) in [5, 5.41) is 9.89. The van der Waals surface area contributed by atoms with E-state index < -0.39 is 11.7 Å². The van der Waals surface area contributed by atoms with E-state index in [-0.39, 0.29) is 18.6 Å². The molecule has 1 saturated heterocycles. The maximum atomic E-state index is 12.7. The van der Waals surface area contributed by atoms with Crippen LogP contribution < -0.4 is 14.4 Å². The molecule has 1 aliphatic heterocycles. The molecule has 174 valence electrons. The number of aryl methyl sites for hydroxylation is 1. The molecule has 1 aliphatic rings. The Hall–Kier alpha value is -3.33. The lowest BCUT2D eigenvalue weighted by Gasteiger charge is -2.21. The molecule has 1 fully saturated rings. The minimum atomic E-state index is -4.43. The van der Waals surface area contributed by atoms with Crippen LogP contribution in [0, 0.1) is 0 Å². The lowest BCUT2D eigenvalue weighted by atomic mass is 10.1. The molecule has 6 nitrogen and oxygen atoms in total. The Kier molecular flexibility index (Phi) is 6.69. The van der Waals surface area contributed by atoms with Gasteiger partial charge in [-0.25, -0.2) is 9.97 Å². The van der Waals surface area contributed by atoms with Crippen LogP contribution in [-0.4, -0.2) is 34.3 Å². The van der Waals surface area contributed by atoms with Crippen molar-refractivity contribution in [3.8, 4) is 17.5 Å². The third-order valence-corrected chi connectivity index (χ3v) is 5.48. The molecule has 1 aromatic carbocycles. The molecule has 1 unspecified atom stereocenters. The van der Waals surface area contributed by atoms with E-state index in [1.807, 2.05) is 42.2 Å². The van der Waals surface area contributed by atoms with E-state index in [2.05, 4.69) is 9.97 Å². The van der Waals surface area contributed by atoms with E-state index in [1.54, 1.807) is 6.07 Å². The van der Waals surface area contributed by atoms with E-state index in [9.17, 15) is 18.3 Å². The van der Waals surface area contributed by atoms with Crippen LogP contribution in [0.4, 0.5) is 18.9 Å². The summed E-state index contributed by atoms with van der Waals surface area (Å²) < 4.78 is 49.8. The SMILES string of the molecule is CCc1ccccc1Oc1ccc(N2CCC(Oc3ccc(C(F)(F)F)cn3)C2)c(CO)n1. The van der Waals surface area contributed by atoms with E-state index in [0.717, 1.165) is 35.7 Å². The zero-order valence-corrected chi connectivity index (χ0v) is 18.0. The molecule has 4 rings (SSSR count). The van der Waals surface area contributed by atoms with Crippen molar-refractivity contribution in [3.63, 3.8) is 0 Å². The van der Waals surface area contributed by atoms with Crippen LogP contribution in [0.2, 0.25) is 0 Å². The maximum absolute atomic E-state index is 12.7. The zero-order valence-electron chi connectivity index (χ0n) is 18.0. The van der Waals surface area contributed by atoms with Crippen LogP contribution >= 0.6 is 0 Å². The number of hydrogen-bond acceptors (Lipinski definition) is 6. The Morgan fingerprint density at radius 3 is 2.58 bits per heavy atom. The number of aliphatic hydroxyl groups excluding tert-OH is 1. The van der Waals surface area contributed by atoms with Crippen LogP contribution in [0.25, 0.3) is 0 Å². The highest BCUT2D eigenvalue weighted by atomic mass is 19.4. The van der Waals surface area contributed by atoms with Crippen molar-refractivity contribution < 1.29 is 27.8 Å². The van der Waals surface area contributed by atoms with Gasteiger partial charge in [-0.3, -0.25) is 0 Å². The Morgan fingerprint density at radius 2 is 1.88 bits per heavy atom. The normalized spacial score (nSPS) is 16.2. The highest BCUT2D eigenvalue weighted by molar-refractivity contribution is 5.53. The molecule has 0 spiro atoms. The van der Waals surface area contributed by atoms with Crippen molar-refractivity contribution in [1.82, 2.24) is 9.97 Å². The van der Waals surface area contributed by atoms with Crippen LogP contribution in [0.1, 0.15) is 30.2 Å². The average Bonchev–Trinajstić information content (AvgIpc) is 3.27. The van der Waals surface area contributed by atoms with E-state index in [0.29, 0.717) is 31.1 Å². The van der Waals surface area contributed by atoms with Crippen molar-refractivity contribution in [1.29, 1.82) is 0 Å². The van der Waals surface area contributed by atoms with Gasteiger partial charge in [0, 0.05) is 31.3 Å². The molecule has 1 N–H and O–H groups in total. The van der Waals surface area contributed by atoms with Crippen LogP contribution in [0.3, 0.4) is 0 Å². The summed E-state index contributed by atoms with van der Waals surface area (Å²) in [5.41, 5.74) is 1.49. The van der Waals surface area contributed by atoms with Gasteiger partial charge in [-0.05, 0) is 30.2 Å². The first-order valence-corrected chi connectivity index (χ1v) is 10.7. The van der Waals surface area contributed by atoms with E-state index >= 15 is 0 Å². The second-order valence-corrected chi connectivity index (χ2v) is 7.69. The van der Waals surface area contributed by atoms with Gasteiger partial charge in [-0.2, -0.15) is 13.2 Å². The molecular formula is C24H24F3N3O3. The Bertz CT molecular complexity index is 1090. The van der Waals surface area contributed by atoms with Gasteiger partial charge in [0.25, 0.3) is 0 Å². The topological polar surface area (TPSA) is 67.7 Å². The summed E-state index contributed by atoms with van der Waals surface area (Å²) in [6.07, 6.45) is -2.42. The van der Waals surface area contributed by atoms with Crippen LogP contribution in [0.5, 0.6) is 17.5 Å². The third kappa shape index (κ3) is 5.36. The summed E-state index contributed by atoms with van der Waals surface area (Å²) in [6.45, 7) is 2.93. The van der Waals surface area contributed by atoms with Gasteiger partial charge in [0.1, 0.15) is 11.9 Å². The number of hydrogen-bond donors (Lipinski definition) is 1. The fourth-order valence-corrected chi connectivity index (χ4v) is 3.77. The first kappa shape index (κ1) is 22.8. The lowest BCUT2D eigenvalue weighted by Crippen LogP contribution is -2.26. The summed E-state index contributed by atoms with van der Waals surface area (Å²) in [7, 11) is 0. The monoisotopic (exact) mass is 459 g/mol. The molecule has 33 heavy (non-hydrogen) atoms. The fraction of sp³-hybridized carbons (Fsp3) is 0.333. The number of ether oxygens (including phenoxy) is 2. The van der Waals surface area contributed by atoms with Gasteiger partial charge in [-0.1, -0.05) is 25.1 Å². The smallest absolute Gasteiger partial charge is 0.417 e. The van der Waals surface area contributed by atoms with Gasteiger partial charge in [-0.15, -0.1) is 0 Å². The van der Waals surface area contributed by atoms with Gasteiger partial charge < -0.3 is 19.5 Å². The number of nitrogens with zero attached hydrogens (tertiary/aromatic N) is 3. The molecule has 3 aromatic rings. The molecule has 0 radical (unpaired) electrons. The molecule has 0 amide bonds. The number of halogens is 3. The minimum Gasteiger partial charge on any atom is -0.472 e. The number of anilines is 1. The van der Waals surface area contributed by atoms with E-state index in [4.69, 9.17) is 9.47 Å². The van der Waals surface area contributed by atoms with Crippen molar-refractivity contribution in [3.05, 3.63) is 71.5 Å². The summed E-state index contributed by atoms with van der Waals surface area (Å²) in [4.78, 5) is 10.3. The molecule has 3 heterocycles. The predicted molar refractivity (Wildman–Crippen MR) is 117 cm³/mol. The molecule has 0 aliphatic carbocycles. The van der Waals surface area contributed by atoms with Gasteiger partial charge in [0.2, 0.25) is 11.8 Å². The summed E-state index contributed by atoms with van der Waals surface area (Å²) in [6, 6.07) is 13.5. The second-order valence-electron chi connectivity index (χ2n) is 7.69. The molecular weight excluding hydrogens is 435 g/mol. The van der Waals surface area contributed by atoms with Crippen molar-refractivity contribution in [2.24, 2.45) is 0 Å². The molecule has 9 heteroatoms. The number of benzene rings is 1. The van der Waals surface area contributed by atoms with Crippen molar-refractivity contribution in [2.45, 2.75) is 38.7 Å². The van der Waals surface area contributed by atoms with Crippen LogP contribution in [0.15, 0.2) is 54.7 Å². The summed E-state index contributed by atoms with van der Waals surface area (Å²) >= 11 is 0. The molecule has 0 saturated carbocycles. The van der Waals surface area contributed by atoms with Gasteiger partial charge in [0.15, 0.2) is 0 Å². The fourth-order valence-electron chi connectivity index (χ4n) is 3.77. The second kappa shape index (κ2) is 9.66. The number of alkyl halides is 3. The summed E-state index contributed by atoms with van der Waals surface area (Å²) in [5.74, 6) is 1.26. The quantitative estimate of drug-likeness (QED) is 0.536. The molecule has 2 aromatic heterocycles. The molecule has 1 atom stereocenters. The largest absolute Gasteiger partial charge is 0.472 e. The van der Waals surface area contributed by atoms with Crippen molar-refractivity contribution in [2.75, 3.05) is 18.0 Å². The zero-order chi connectivity index (χ0) is 23.4. The Morgan fingerprint density at radius 1 is 1.09 bits per heavy atom. The maximum Gasteiger partial charge on any atom is 0.417 e. The number of rotatable bonds is 7. The minimum absolute atomic E-state index is 0.147. The Labute approximate surface area is 189 Å². The number of para-hydroxylation sites is 1. The predicted octanol–water partition coefficient (Wildman–Crippen LogP) is 5.00. The van der Waals surface area contributed by atoms with E-state index in [1.165, 1.54) is 6.07 Å². The lowest BCUT2D eigenvalue weighted by molar-refractivity contribution is -0.137. The van der Waals surface area contributed by atoms with Crippen molar-refractivity contribution >= 4 is 5.69 Å². The number of pyridine rings is 2. The number of aromatic nitrogens is 2. The Balaban J connectivity index is 1.43.